The van der Waals surface area contributed by atoms with Crippen LogP contribution in [0.2, 0.25) is 0 Å². The van der Waals surface area contributed by atoms with E-state index in [0.29, 0.717) is 24.2 Å². The van der Waals surface area contributed by atoms with Crippen molar-refractivity contribution in [2.24, 2.45) is 0 Å². The molecule has 2 aromatic rings. The molecule has 0 aromatic carbocycles. The zero-order valence-corrected chi connectivity index (χ0v) is 11.7. The molecular weight excluding hydrogens is 278 g/mol. The van der Waals surface area contributed by atoms with Crippen molar-refractivity contribution in [3.63, 3.8) is 0 Å². The van der Waals surface area contributed by atoms with Gasteiger partial charge in [-0.25, -0.2) is 4.98 Å². The molecule has 0 amide bonds. The normalized spacial score (nSPS) is 10.4. The summed E-state index contributed by atoms with van der Waals surface area (Å²) in [7, 11) is 1.43. The molecule has 112 valence electrons. The Morgan fingerprint density at radius 1 is 1.48 bits per heavy atom. The molecule has 0 spiro atoms. The SMILES string of the molecule is COc1ncc(CCn2cc(COC(C)=O)nn2)c(=O)[nH]1. The van der Waals surface area contributed by atoms with Crippen LogP contribution >= 0.6 is 0 Å². The second kappa shape index (κ2) is 6.64. The number of esters is 1. The lowest BCUT2D eigenvalue weighted by atomic mass is 10.2. The van der Waals surface area contributed by atoms with Crippen molar-refractivity contribution in [3.05, 3.63) is 34.0 Å². The Morgan fingerprint density at radius 3 is 2.95 bits per heavy atom. The van der Waals surface area contributed by atoms with Crippen molar-refractivity contribution in [1.29, 1.82) is 0 Å². The van der Waals surface area contributed by atoms with E-state index in [9.17, 15) is 9.59 Å². The third-order valence-electron chi connectivity index (χ3n) is 2.66. The number of nitrogens with one attached hydrogen (secondary N) is 1. The van der Waals surface area contributed by atoms with Gasteiger partial charge in [0.2, 0.25) is 0 Å². The largest absolute Gasteiger partial charge is 0.468 e. The smallest absolute Gasteiger partial charge is 0.303 e. The molecule has 0 atom stereocenters. The Labute approximate surface area is 119 Å². The lowest BCUT2D eigenvalue weighted by molar-refractivity contribution is -0.142. The molecule has 2 rings (SSSR count). The quantitative estimate of drug-likeness (QED) is 0.726. The van der Waals surface area contributed by atoms with Gasteiger partial charge in [-0.1, -0.05) is 5.21 Å². The average Bonchev–Trinajstić information content (AvgIpc) is 2.91. The first-order valence-electron chi connectivity index (χ1n) is 6.23. The Balaban J connectivity index is 1.94. The number of ether oxygens (including phenoxy) is 2. The maximum Gasteiger partial charge on any atom is 0.303 e. The van der Waals surface area contributed by atoms with E-state index in [1.165, 1.54) is 20.2 Å². The van der Waals surface area contributed by atoms with Gasteiger partial charge in [-0.05, 0) is 6.42 Å². The molecule has 9 nitrogen and oxygen atoms in total. The number of carbonyl (C=O) groups excluding carboxylic acids is 1. The van der Waals surface area contributed by atoms with Crippen LogP contribution in [0.4, 0.5) is 0 Å². The van der Waals surface area contributed by atoms with Crippen LogP contribution in [0.15, 0.2) is 17.2 Å². The lowest BCUT2D eigenvalue weighted by Gasteiger charge is -2.02. The van der Waals surface area contributed by atoms with Crippen LogP contribution in [0.5, 0.6) is 6.01 Å². The average molecular weight is 293 g/mol. The Hall–Kier alpha value is -2.71. The van der Waals surface area contributed by atoms with Gasteiger partial charge in [-0.3, -0.25) is 19.3 Å². The van der Waals surface area contributed by atoms with Crippen molar-refractivity contribution in [3.8, 4) is 6.01 Å². The summed E-state index contributed by atoms with van der Waals surface area (Å²) in [4.78, 5) is 28.9. The molecule has 2 heterocycles. The summed E-state index contributed by atoms with van der Waals surface area (Å²) < 4.78 is 11.2. The highest BCUT2D eigenvalue weighted by atomic mass is 16.5. The Bertz CT molecular complexity index is 678. The number of methoxy groups -OCH3 is 1. The van der Waals surface area contributed by atoms with Gasteiger partial charge in [0.1, 0.15) is 12.3 Å². The molecule has 0 saturated carbocycles. The highest BCUT2D eigenvalue weighted by Crippen LogP contribution is 2.01. The van der Waals surface area contributed by atoms with Crippen LogP contribution in [0.25, 0.3) is 0 Å². The Morgan fingerprint density at radius 2 is 2.29 bits per heavy atom. The van der Waals surface area contributed by atoms with E-state index >= 15 is 0 Å². The summed E-state index contributed by atoms with van der Waals surface area (Å²) in [5.74, 6) is -0.375. The molecule has 0 saturated heterocycles. The maximum atomic E-state index is 11.7. The number of nitrogens with zero attached hydrogens (tertiary/aromatic N) is 4. The van der Waals surface area contributed by atoms with E-state index in [1.807, 2.05) is 0 Å². The number of aromatic nitrogens is 5. The fourth-order valence-electron chi connectivity index (χ4n) is 1.61. The van der Waals surface area contributed by atoms with Crippen LogP contribution < -0.4 is 10.3 Å². The number of aryl methyl sites for hydroxylation is 2. The van der Waals surface area contributed by atoms with Crippen LogP contribution in [-0.4, -0.2) is 38.0 Å². The summed E-state index contributed by atoms with van der Waals surface area (Å²) in [6.45, 7) is 1.87. The molecule has 0 aliphatic rings. The van der Waals surface area contributed by atoms with Gasteiger partial charge in [-0.15, -0.1) is 5.10 Å². The topological polar surface area (TPSA) is 112 Å². The first-order valence-corrected chi connectivity index (χ1v) is 6.23. The van der Waals surface area contributed by atoms with Crippen LogP contribution in [0, 0.1) is 0 Å². The van der Waals surface area contributed by atoms with E-state index in [-0.39, 0.29) is 24.1 Å². The number of hydrogen-bond donors (Lipinski definition) is 1. The van der Waals surface area contributed by atoms with Crippen molar-refractivity contribution in [1.82, 2.24) is 25.0 Å². The third-order valence-corrected chi connectivity index (χ3v) is 2.66. The molecule has 9 heteroatoms. The molecule has 0 aliphatic heterocycles. The number of aromatic amines is 1. The first kappa shape index (κ1) is 14.7. The van der Waals surface area contributed by atoms with Gasteiger partial charge in [0, 0.05) is 25.2 Å². The molecule has 0 aliphatic carbocycles. The van der Waals surface area contributed by atoms with Gasteiger partial charge in [-0.2, -0.15) is 0 Å². The summed E-state index contributed by atoms with van der Waals surface area (Å²) >= 11 is 0. The summed E-state index contributed by atoms with van der Waals surface area (Å²) in [6, 6.07) is 0.174. The molecule has 0 unspecified atom stereocenters. The lowest BCUT2D eigenvalue weighted by Crippen LogP contribution is -2.16. The van der Waals surface area contributed by atoms with E-state index in [1.54, 1.807) is 10.9 Å². The fraction of sp³-hybridized carbons (Fsp3) is 0.417. The molecule has 0 radical (unpaired) electrons. The molecule has 21 heavy (non-hydrogen) atoms. The van der Waals surface area contributed by atoms with Crippen molar-refractivity contribution >= 4 is 5.97 Å². The van der Waals surface area contributed by atoms with Gasteiger partial charge in [0.25, 0.3) is 11.6 Å². The molecule has 1 N–H and O–H groups in total. The van der Waals surface area contributed by atoms with E-state index in [0.717, 1.165) is 0 Å². The summed E-state index contributed by atoms with van der Waals surface area (Å²) in [5.41, 5.74) is 0.821. The van der Waals surface area contributed by atoms with E-state index in [2.05, 4.69) is 20.3 Å². The predicted molar refractivity (Wildman–Crippen MR) is 70.6 cm³/mol. The third kappa shape index (κ3) is 4.13. The van der Waals surface area contributed by atoms with Crippen LogP contribution in [-0.2, 0) is 29.1 Å². The molecule has 0 bridgehead atoms. The van der Waals surface area contributed by atoms with Crippen LogP contribution in [0.1, 0.15) is 18.2 Å². The predicted octanol–water partition coefficient (Wildman–Crippen LogP) is -0.324. The standard InChI is InChI=1S/C12H15N5O4/c1-8(18)21-7-10-6-17(16-15-10)4-3-9-5-13-12(20-2)14-11(9)19/h5-6H,3-4,7H2,1-2H3,(H,13,14,19). The van der Waals surface area contributed by atoms with Gasteiger partial charge >= 0.3 is 5.97 Å². The molecule has 2 aromatic heterocycles. The fourth-order valence-corrected chi connectivity index (χ4v) is 1.61. The number of H-pyrrole nitrogens is 1. The minimum absolute atomic E-state index is 0.0833. The van der Waals surface area contributed by atoms with Gasteiger partial charge in [0.05, 0.1) is 13.3 Å². The number of rotatable bonds is 6. The van der Waals surface area contributed by atoms with E-state index in [4.69, 9.17) is 9.47 Å². The van der Waals surface area contributed by atoms with E-state index < -0.39 is 0 Å². The van der Waals surface area contributed by atoms with Crippen molar-refractivity contribution in [2.75, 3.05) is 7.11 Å². The second-order valence-electron chi connectivity index (χ2n) is 4.25. The van der Waals surface area contributed by atoms with Crippen molar-refractivity contribution < 1.29 is 14.3 Å². The number of hydrogen-bond acceptors (Lipinski definition) is 7. The first-order chi connectivity index (χ1) is 10.1. The highest BCUT2D eigenvalue weighted by molar-refractivity contribution is 5.65. The zero-order valence-electron chi connectivity index (χ0n) is 11.7. The summed E-state index contributed by atoms with van der Waals surface area (Å²) in [5, 5.41) is 7.76. The number of carbonyl (C=O) groups is 1. The zero-order chi connectivity index (χ0) is 15.2. The van der Waals surface area contributed by atoms with Gasteiger partial charge in [0.15, 0.2) is 0 Å². The van der Waals surface area contributed by atoms with Crippen LogP contribution in [0.3, 0.4) is 0 Å². The monoisotopic (exact) mass is 293 g/mol. The highest BCUT2D eigenvalue weighted by Gasteiger charge is 2.06. The minimum atomic E-state index is -0.375. The Kier molecular flexibility index (Phi) is 4.64. The molecular formula is C12H15N5O4. The minimum Gasteiger partial charge on any atom is -0.468 e. The van der Waals surface area contributed by atoms with Crippen molar-refractivity contribution in [2.45, 2.75) is 26.5 Å². The van der Waals surface area contributed by atoms with Gasteiger partial charge < -0.3 is 9.47 Å². The maximum absolute atomic E-state index is 11.7. The summed E-state index contributed by atoms with van der Waals surface area (Å²) in [6.07, 6.45) is 3.57. The second-order valence-corrected chi connectivity index (χ2v) is 4.25. The molecule has 0 fully saturated rings.